The number of amides is 2. The molecule has 0 N–H and O–H groups in total. The van der Waals surface area contributed by atoms with Crippen molar-refractivity contribution in [2.24, 2.45) is 0 Å². The van der Waals surface area contributed by atoms with Gasteiger partial charge >= 0.3 is 0 Å². The predicted octanol–water partition coefficient (Wildman–Crippen LogP) is 1.02. The molecule has 0 aliphatic carbocycles. The molecule has 2 atom stereocenters. The van der Waals surface area contributed by atoms with Crippen LogP contribution >= 0.6 is 0 Å². The van der Waals surface area contributed by atoms with Crippen molar-refractivity contribution in [3.63, 3.8) is 0 Å². The average Bonchev–Trinajstić information content (AvgIpc) is 3.10. The number of rotatable bonds is 3. The molecule has 3 rings (SSSR count). The molecule has 0 spiro atoms. The van der Waals surface area contributed by atoms with Gasteiger partial charge in [-0.25, -0.2) is 0 Å². The second-order valence-electron chi connectivity index (χ2n) is 5.38. The number of hydrogen-bond donors (Lipinski definition) is 0. The highest BCUT2D eigenvalue weighted by Crippen LogP contribution is 2.31. The minimum absolute atomic E-state index is 0.0459. The fourth-order valence-electron chi connectivity index (χ4n) is 3.22. The lowest BCUT2D eigenvalue weighted by Crippen LogP contribution is -2.62. The zero-order valence-electron chi connectivity index (χ0n) is 12.0. The van der Waals surface area contributed by atoms with Crippen LogP contribution in [0, 0.1) is 0 Å². The standard InChI is InChI=1S/C14H20N4O2/c1-3-11-13(19)17-7-5-6-12(17)14(20)18(11)10-8-15-16(4-2)9-10/h8-9,11-12H,3-7H2,1-2H3. The lowest BCUT2D eigenvalue weighted by Gasteiger charge is -2.41. The first-order valence-electron chi connectivity index (χ1n) is 7.33. The van der Waals surface area contributed by atoms with Crippen LogP contribution in [0.25, 0.3) is 0 Å². The summed E-state index contributed by atoms with van der Waals surface area (Å²) in [5.41, 5.74) is 0.739. The molecule has 2 unspecified atom stereocenters. The van der Waals surface area contributed by atoms with Gasteiger partial charge in [-0.15, -0.1) is 0 Å². The summed E-state index contributed by atoms with van der Waals surface area (Å²) >= 11 is 0. The number of piperazine rings is 1. The molecule has 20 heavy (non-hydrogen) atoms. The Bertz CT molecular complexity index is 539. The highest BCUT2D eigenvalue weighted by molar-refractivity contribution is 6.08. The quantitative estimate of drug-likeness (QED) is 0.828. The van der Waals surface area contributed by atoms with Gasteiger partial charge in [0.05, 0.1) is 11.9 Å². The topological polar surface area (TPSA) is 58.4 Å². The van der Waals surface area contributed by atoms with Crippen LogP contribution in [0.15, 0.2) is 12.4 Å². The molecule has 2 saturated heterocycles. The van der Waals surface area contributed by atoms with E-state index in [1.807, 2.05) is 20.0 Å². The molecule has 2 aliphatic rings. The van der Waals surface area contributed by atoms with Crippen LogP contribution in [0.2, 0.25) is 0 Å². The number of carbonyl (C=O) groups is 2. The van der Waals surface area contributed by atoms with E-state index in [0.29, 0.717) is 13.0 Å². The first-order valence-corrected chi connectivity index (χ1v) is 7.33. The average molecular weight is 276 g/mol. The number of nitrogens with zero attached hydrogens (tertiary/aromatic N) is 4. The Morgan fingerprint density at radius 3 is 2.75 bits per heavy atom. The number of carbonyl (C=O) groups excluding carboxylic acids is 2. The summed E-state index contributed by atoms with van der Waals surface area (Å²) in [5.74, 6) is 0.128. The number of aromatic nitrogens is 2. The molecule has 0 aromatic carbocycles. The number of fused-ring (bicyclic) bond motifs is 1. The van der Waals surface area contributed by atoms with Crippen LogP contribution in [0.4, 0.5) is 5.69 Å². The lowest BCUT2D eigenvalue weighted by atomic mass is 10.0. The van der Waals surface area contributed by atoms with Crippen LogP contribution in [-0.2, 0) is 16.1 Å². The van der Waals surface area contributed by atoms with Crippen LogP contribution < -0.4 is 4.90 Å². The van der Waals surface area contributed by atoms with Crippen molar-refractivity contribution in [1.29, 1.82) is 0 Å². The van der Waals surface area contributed by atoms with E-state index in [-0.39, 0.29) is 23.9 Å². The van der Waals surface area contributed by atoms with Crippen LogP contribution in [0.1, 0.15) is 33.1 Å². The largest absolute Gasteiger partial charge is 0.329 e. The summed E-state index contributed by atoms with van der Waals surface area (Å²) in [6, 6.07) is -0.651. The van der Waals surface area contributed by atoms with E-state index in [4.69, 9.17) is 0 Å². The summed E-state index contributed by atoms with van der Waals surface area (Å²) in [6.07, 6.45) is 5.85. The highest BCUT2D eigenvalue weighted by Gasteiger charge is 2.47. The van der Waals surface area contributed by atoms with Gasteiger partial charge in [0.1, 0.15) is 12.1 Å². The Labute approximate surface area is 118 Å². The summed E-state index contributed by atoms with van der Waals surface area (Å²) in [6.45, 7) is 5.41. The van der Waals surface area contributed by atoms with Gasteiger partial charge < -0.3 is 4.90 Å². The third kappa shape index (κ3) is 1.82. The molecule has 2 amide bonds. The fourth-order valence-corrected chi connectivity index (χ4v) is 3.22. The Balaban J connectivity index is 1.98. The SMILES string of the molecule is CCC1C(=O)N2CCCC2C(=O)N1c1cnn(CC)c1. The van der Waals surface area contributed by atoms with Gasteiger partial charge in [0.25, 0.3) is 5.91 Å². The molecule has 1 aromatic heterocycles. The van der Waals surface area contributed by atoms with Gasteiger partial charge in [0.2, 0.25) is 5.91 Å². The molecule has 1 aromatic rings. The highest BCUT2D eigenvalue weighted by atomic mass is 16.2. The van der Waals surface area contributed by atoms with E-state index in [2.05, 4.69) is 5.10 Å². The number of hydrogen-bond acceptors (Lipinski definition) is 3. The Kier molecular flexibility index (Phi) is 3.23. The molecular formula is C14H20N4O2. The van der Waals surface area contributed by atoms with Crippen molar-refractivity contribution >= 4 is 17.5 Å². The van der Waals surface area contributed by atoms with Crippen molar-refractivity contribution in [2.45, 2.75) is 51.7 Å². The monoisotopic (exact) mass is 276 g/mol. The molecule has 108 valence electrons. The third-order valence-corrected chi connectivity index (χ3v) is 4.26. The van der Waals surface area contributed by atoms with Gasteiger partial charge in [0.15, 0.2) is 0 Å². The van der Waals surface area contributed by atoms with E-state index >= 15 is 0 Å². The molecule has 0 bridgehead atoms. The molecule has 0 saturated carbocycles. The van der Waals surface area contributed by atoms with Gasteiger partial charge in [-0.2, -0.15) is 5.10 Å². The number of anilines is 1. The van der Waals surface area contributed by atoms with E-state index in [1.165, 1.54) is 0 Å². The maximum Gasteiger partial charge on any atom is 0.250 e. The Hall–Kier alpha value is -1.85. The second kappa shape index (κ2) is 4.92. The van der Waals surface area contributed by atoms with Crippen LogP contribution in [-0.4, -0.2) is 45.1 Å². The van der Waals surface area contributed by atoms with Crippen molar-refractivity contribution in [3.8, 4) is 0 Å². The lowest BCUT2D eigenvalue weighted by molar-refractivity contribution is -0.144. The minimum atomic E-state index is -0.383. The second-order valence-corrected chi connectivity index (χ2v) is 5.38. The van der Waals surface area contributed by atoms with Gasteiger partial charge in [0, 0.05) is 19.3 Å². The summed E-state index contributed by atoms with van der Waals surface area (Å²) in [5, 5.41) is 4.22. The van der Waals surface area contributed by atoms with Crippen molar-refractivity contribution in [2.75, 3.05) is 11.4 Å². The van der Waals surface area contributed by atoms with E-state index in [0.717, 1.165) is 25.1 Å². The number of aryl methyl sites for hydroxylation is 1. The first-order chi connectivity index (χ1) is 9.67. The summed E-state index contributed by atoms with van der Waals surface area (Å²) < 4.78 is 1.78. The first kappa shape index (κ1) is 13.1. The van der Waals surface area contributed by atoms with E-state index in [1.54, 1.807) is 20.7 Å². The zero-order valence-corrected chi connectivity index (χ0v) is 12.0. The Morgan fingerprint density at radius 2 is 2.10 bits per heavy atom. The predicted molar refractivity (Wildman–Crippen MR) is 74.2 cm³/mol. The van der Waals surface area contributed by atoms with Gasteiger partial charge in [-0.1, -0.05) is 6.92 Å². The molecule has 6 heteroatoms. The molecular weight excluding hydrogens is 256 g/mol. The molecule has 0 radical (unpaired) electrons. The maximum absolute atomic E-state index is 12.7. The van der Waals surface area contributed by atoms with Crippen LogP contribution in [0.5, 0.6) is 0 Å². The van der Waals surface area contributed by atoms with Gasteiger partial charge in [-0.05, 0) is 26.2 Å². The van der Waals surface area contributed by atoms with Crippen LogP contribution in [0.3, 0.4) is 0 Å². The van der Waals surface area contributed by atoms with Crippen molar-refractivity contribution < 1.29 is 9.59 Å². The van der Waals surface area contributed by atoms with Gasteiger partial charge in [-0.3, -0.25) is 19.2 Å². The molecule has 6 nitrogen and oxygen atoms in total. The summed E-state index contributed by atoms with van der Waals surface area (Å²) in [4.78, 5) is 28.7. The molecule has 2 fully saturated rings. The molecule has 2 aliphatic heterocycles. The van der Waals surface area contributed by atoms with E-state index < -0.39 is 0 Å². The Morgan fingerprint density at radius 1 is 1.30 bits per heavy atom. The maximum atomic E-state index is 12.7. The smallest absolute Gasteiger partial charge is 0.250 e. The van der Waals surface area contributed by atoms with Crippen molar-refractivity contribution in [1.82, 2.24) is 14.7 Å². The fraction of sp³-hybridized carbons (Fsp3) is 0.643. The molecule has 3 heterocycles. The van der Waals surface area contributed by atoms with E-state index in [9.17, 15) is 9.59 Å². The normalized spacial score (nSPS) is 26.3. The minimum Gasteiger partial charge on any atom is -0.329 e. The summed E-state index contributed by atoms with van der Waals surface area (Å²) in [7, 11) is 0. The third-order valence-electron chi connectivity index (χ3n) is 4.26. The zero-order chi connectivity index (χ0) is 14.3. The van der Waals surface area contributed by atoms with Crippen molar-refractivity contribution in [3.05, 3.63) is 12.4 Å².